The van der Waals surface area contributed by atoms with Crippen LogP contribution in [-0.2, 0) is 6.54 Å². The number of unbranched alkanes of at least 4 members (excludes halogenated alkanes) is 1. The maximum atomic E-state index is 5.73. The lowest BCUT2D eigenvalue weighted by atomic mass is 10.1. The molecule has 0 saturated heterocycles. The molecule has 0 spiro atoms. The number of rotatable bonds is 10. The molecule has 6 heteroatoms. The van der Waals surface area contributed by atoms with E-state index >= 15 is 0 Å². The first-order valence-electron chi connectivity index (χ1n) is 9.35. The van der Waals surface area contributed by atoms with Gasteiger partial charge in [-0.15, -0.1) is 24.0 Å². The fourth-order valence-electron chi connectivity index (χ4n) is 2.45. The number of ether oxygens (including phenoxy) is 1. The molecule has 0 aliphatic rings. The van der Waals surface area contributed by atoms with Crippen LogP contribution >= 0.6 is 24.0 Å². The fourth-order valence-corrected chi connectivity index (χ4v) is 2.45. The second-order valence-electron chi connectivity index (χ2n) is 6.68. The molecule has 1 aromatic rings. The van der Waals surface area contributed by atoms with Crippen molar-refractivity contribution in [3.8, 4) is 5.75 Å². The standard InChI is InChI=1S/C20H36N4O.HI/c1-7-25-19-14-17(4)10-11-18(19)15-23-20(21-5)22-12-8-9-13-24(6)16(2)3;/h10-11,14,16H,7-9,12-13,15H2,1-6H3,(H2,21,22,23);1H. The maximum absolute atomic E-state index is 5.73. The van der Waals surface area contributed by atoms with Crippen LogP contribution < -0.4 is 15.4 Å². The van der Waals surface area contributed by atoms with Crippen molar-refractivity contribution in [1.82, 2.24) is 15.5 Å². The summed E-state index contributed by atoms with van der Waals surface area (Å²) in [5, 5.41) is 6.76. The summed E-state index contributed by atoms with van der Waals surface area (Å²) in [6.07, 6.45) is 2.32. The monoisotopic (exact) mass is 476 g/mol. The molecule has 0 saturated carbocycles. The highest BCUT2D eigenvalue weighted by atomic mass is 127. The average molecular weight is 476 g/mol. The van der Waals surface area contributed by atoms with E-state index in [1.165, 1.54) is 12.0 Å². The summed E-state index contributed by atoms with van der Waals surface area (Å²) in [6.45, 7) is 12.0. The number of nitrogens with one attached hydrogen (secondary N) is 2. The fraction of sp³-hybridized carbons (Fsp3) is 0.650. The van der Waals surface area contributed by atoms with Gasteiger partial charge in [-0.25, -0.2) is 0 Å². The van der Waals surface area contributed by atoms with Crippen molar-refractivity contribution in [1.29, 1.82) is 0 Å². The summed E-state index contributed by atoms with van der Waals surface area (Å²) in [5.41, 5.74) is 2.36. The van der Waals surface area contributed by atoms with Gasteiger partial charge in [0.25, 0.3) is 0 Å². The van der Waals surface area contributed by atoms with Crippen LogP contribution in [-0.4, -0.2) is 50.7 Å². The second kappa shape index (κ2) is 14.1. The highest BCUT2D eigenvalue weighted by Crippen LogP contribution is 2.20. The Morgan fingerprint density at radius 2 is 1.96 bits per heavy atom. The van der Waals surface area contributed by atoms with E-state index < -0.39 is 0 Å². The van der Waals surface area contributed by atoms with Crippen molar-refractivity contribution in [3.05, 3.63) is 29.3 Å². The number of aliphatic imine (C=N–C) groups is 1. The minimum atomic E-state index is 0. The summed E-state index contributed by atoms with van der Waals surface area (Å²) < 4.78 is 5.73. The van der Waals surface area contributed by atoms with Gasteiger partial charge in [0.1, 0.15) is 5.75 Å². The Morgan fingerprint density at radius 1 is 1.23 bits per heavy atom. The number of nitrogens with zero attached hydrogens (tertiary/aromatic N) is 2. The van der Waals surface area contributed by atoms with Crippen molar-refractivity contribution in [2.45, 2.75) is 53.1 Å². The van der Waals surface area contributed by atoms with E-state index in [-0.39, 0.29) is 24.0 Å². The average Bonchev–Trinajstić information content (AvgIpc) is 2.58. The predicted molar refractivity (Wildman–Crippen MR) is 123 cm³/mol. The highest BCUT2D eigenvalue weighted by Gasteiger charge is 2.06. The number of guanidine groups is 1. The third-order valence-corrected chi connectivity index (χ3v) is 4.30. The summed E-state index contributed by atoms with van der Waals surface area (Å²) >= 11 is 0. The van der Waals surface area contributed by atoms with Crippen LogP contribution in [0.15, 0.2) is 23.2 Å². The molecule has 0 amide bonds. The zero-order valence-electron chi connectivity index (χ0n) is 17.3. The third-order valence-electron chi connectivity index (χ3n) is 4.30. The Hall–Kier alpha value is -1.02. The number of halogens is 1. The summed E-state index contributed by atoms with van der Waals surface area (Å²) in [4.78, 5) is 6.68. The largest absolute Gasteiger partial charge is 0.494 e. The molecule has 150 valence electrons. The van der Waals surface area contributed by atoms with Crippen molar-refractivity contribution < 1.29 is 4.74 Å². The molecule has 0 aromatic heterocycles. The van der Waals surface area contributed by atoms with Gasteiger partial charge in [0.2, 0.25) is 0 Å². The van der Waals surface area contributed by atoms with E-state index in [0.29, 0.717) is 19.2 Å². The van der Waals surface area contributed by atoms with Gasteiger partial charge in [-0.2, -0.15) is 0 Å². The normalized spacial score (nSPS) is 11.5. The van der Waals surface area contributed by atoms with Crippen LogP contribution in [0.5, 0.6) is 5.75 Å². The summed E-state index contributed by atoms with van der Waals surface area (Å²) in [7, 11) is 3.98. The molecule has 0 radical (unpaired) electrons. The molecular formula is C20H37IN4O. The van der Waals surface area contributed by atoms with E-state index in [4.69, 9.17) is 4.74 Å². The van der Waals surface area contributed by atoms with Gasteiger partial charge in [0.15, 0.2) is 5.96 Å². The molecule has 5 nitrogen and oxygen atoms in total. The lowest BCUT2D eigenvalue weighted by Gasteiger charge is -2.20. The van der Waals surface area contributed by atoms with Gasteiger partial charge in [-0.1, -0.05) is 12.1 Å². The van der Waals surface area contributed by atoms with E-state index in [9.17, 15) is 0 Å². The van der Waals surface area contributed by atoms with E-state index in [0.717, 1.165) is 36.8 Å². The van der Waals surface area contributed by atoms with Crippen molar-refractivity contribution >= 4 is 29.9 Å². The van der Waals surface area contributed by atoms with E-state index in [2.05, 4.69) is 66.5 Å². The molecular weight excluding hydrogens is 439 g/mol. The summed E-state index contributed by atoms with van der Waals surface area (Å²) in [6, 6.07) is 6.92. The van der Waals surface area contributed by atoms with Crippen LogP contribution in [0.1, 0.15) is 44.7 Å². The first kappa shape index (κ1) is 25.0. The first-order chi connectivity index (χ1) is 12.0. The first-order valence-corrected chi connectivity index (χ1v) is 9.35. The van der Waals surface area contributed by atoms with Crippen LogP contribution in [0, 0.1) is 6.92 Å². The van der Waals surface area contributed by atoms with Crippen molar-refractivity contribution in [2.75, 3.05) is 33.8 Å². The van der Waals surface area contributed by atoms with Gasteiger partial charge in [0.05, 0.1) is 6.61 Å². The van der Waals surface area contributed by atoms with Gasteiger partial charge in [0, 0.05) is 31.7 Å². The molecule has 0 bridgehead atoms. The molecule has 0 fully saturated rings. The van der Waals surface area contributed by atoms with Gasteiger partial charge >= 0.3 is 0 Å². The quantitative estimate of drug-likeness (QED) is 0.234. The van der Waals surface area contributed by atoms with Gasteiger partial charge < -0.3 is 20.3 Å². The molecule has 2 N–H and O–H groups in total. The molecule has 0 unspecified atom stereocenters. The van der Waals surface area contributed by atoms with Crippen LogP contribution in [0.25, 0.3) is 0 Å². The Bertz CT molecular complexity index is 535. The lowest BCUT2D eigenvalue weighted by Crippen LogP contribution is -2.37. The minimum Gasteiger partial charge on any atom is -0.494 e. The number of hydrogen-bond acceptors (Lipinski definition) is 3. The van der Waals surface area contributed by atoms with Gasteiger partial charge in [-0.3, -0.25) is 4.99 Å². The summed E-state index contributed by atoms with van der Waals surface area (Å²) in [5.74, 6) is 1.78. The SMILES string of the molecule is CCOc1cc(C)ccc1CNC(=NC)NCCCCN(C)C(C)C.I. The number of aryl methyl sites for hydroxylation is 1. The van der Waals surface area contributed by atoms with Crippen LogP contribution in [0.3, 0.4) is 0 Å². The van der Waals surface area contributed by atoms with E-state index in [1.54, 1.807) is 7.05 Å². The predicted octanol–water partition coefficient (Wildman–Crippen LogP) is 3.80. The molecule has 0 aliphatic heterocycles. The van der Waals surface area contributed by atoms with Crippen LogP contribution in [0.2, 0.25) is 0 Å². The van der Waals surface area contributed by atoms with Crippen molar-refractivity contribution in [2.24, 2.45) is 4.99 Å². The molecule has 0 heterocycles. The Balaban J connectivity index is 0.00000625. The maximum Gasteiger partial charge on any atom is 0.191 e. The molecule has 1 aromatic carbocycles. The zero-order valence-corrected chi connectivity index (χ0v) is 19.6. The molecule has 0 atom stereocenters. The molecule has 0 aliphatic carbocycles. The van der Waals surface area contributed by atoms with Crippen molar-refractivity contribution in [3.63, 3.8) is 0 Å². The van der Waals surface area contributed by atoms with E-state index in [1.807, 2.05) is 6.92 Å². The third kappa shape index (κ3) is 9.62. The zero-order chi connectivity index (χ0) is 18.7. The lowest BCUT2D eigenvalue weighted by molar-refractivity contribution is 0.268. The van der Waals surface area contributed by atoms with Gasteiger partial charge in [-0.05, 0) is 65.8 Å². The number of hydrogen-bond donors (Lipinski definition) is 2. The minimum absolute atomic E-state index is 0. The Morgan fingerprint density at radius 3 is 2.58 bits per heavy atom. The number of benzene rings is 1. The molecule has 26 heavy (non-hydrogen) atoms. The highest BCUT2D eigenvalue weighted by molar-refractivity contribution is 14.0. The smallest absolute Gasteiger partial charge is 0.191 e. The Kier molecular flexibility index (Phi) is 13.5. The Labute approximate surface area is 177 Å². The topological polar surface area (TPSA) is 48.9 Å². The van der Waals surface area contributed by atoms with Crippen LogP contribution in [0.4, 0.5) is 0 Å². The second-order valence-corrected chi connectivity index (χ2v) is 6.68. The molecule has 1 rings (SSSR count).